The van der Waals surface area contributed by atoms with Crippen LogP contribution in [0.1, 0.15) is 50.8 Å². The van der Waals surface area contributed by atoms with Crippen molar-refractivity contribution in [2.75, 3.05) is 7.11 Å². The van der Waals surface area contributed by atoms with Crippen molar-refractivity contribution in [3.63, 3.8) is 0 Å². The summed E-state index contributed by atoms with van der Waals surface area (Å²) in [5, 5.41) is 3.17. The van der Waals surface area contributed by atoms with Crippen LogP contribution >= 0.6 is 0 Å². The average Bonchev–Trinajstić information content (AvgIpc) is 2.64. The fraction of sp³-hybridized carbons (Fsp3) is 0.435. The van der Waals surface area contributed by atoms with E-state index in [1.807, 2.05) is 70.2 Å². The van der Waals surface area contributed by atoms with Gasteiger partial charge >= 0.3 is 0 Å². The zero-order valence-electron chi connectivity index (χ0n) is 17.2. The van der Waals surface area contributed by atoms with Crippen LogP contribution in [0.15, 0.2) is 42.5 Å². The summed E-state index contributed by atoms with van der Waals surface area (Å²) in [6.45, 7) is 8.00. The third-order valence-electron chi connectivity index (χ3n) is 4.93. The lowest BCUT2D eigenvalue weighted by Crippen LogP contribution is -2.45. The van der Waals surface area contributed by atoms with E-state index >= 15 is 0 Å². The summed E-state index contributed by atoms with van der Waals surface area (Å²) in [6, 6.07) is 13.3. The number of fused-ring (bicyclic) bond motifs is 1. The van der Waals surface area contributed by atoms with E-state index in [-0.39, 0.29) is 11.9 Å². The summed E-state index contributed by atoms with van der Waals surface area (Å²) in [7, 11) is 1.63. The molecule has 5 nitrogen and oxygen atoms in total. The lowest BCUT2D eigenvalue weighted by atomic mass is 9.89. The number of aryl methyl sites for hydroxylation is 1. The topological polar surface area (TPSA) is 56.8 Å². The molecule has 2 aromatic carbocycles. The van der Waals surface area contributed by atoms with Crippen molar-refractivity contribution in [2.24, 2.45) is 0 Å². The third-order valence-corrected chi connectivity index (χ3v) is 4.93. The van der Waals surface area contributed by atoms with Crippen LogP contribution in [-0.4, -0.2) is 24.7 Å². The number of rotatable bonds is 6. The average molecular weight is 383 g/mol. The van der Waals surface area contributed by atoms with Crippen molar-refractivity contribution >= 4 is 5.91 Å². The Balaban J connectivity index is 1.78. The normalized spacial score (nSPS) is 18.4. The van der Waals surface area contributed by atoms with Crippen molar-refractivity contribution in [1.29, 1.82) is 0 Å². The Morgan fingerprint density at radius 3 is 2.71 bits per heavy atom. The molecule has 1 amide bonds. The fourth-order valence-electron chi connectivity index (χ4n) is 3.53. The molecule has 3 rings (SSSR count). The minimum absolute atomic E-state index is 0.117. The van der Waals surface area contributed by atoms with Gasteiger partial charge in [0.1, 0.15) is 22.8 Å². The van der Waals surface area contributed by atoms with Gasteiger partial charge in [-0.2, -0.15) is 0 Å². The smallest absolute Gasteiger partial charge is 0.261 e. The van der Waals surface area contributed by atoms with Crippen molar-refractivity contribution < 1.29 is 19.0 Å². The van der Waals surface area contributed by atoms with Crippen LogP contribution in [0, 0.1) is 6.92 Å². The van der Waals surface area contributed by atoms with Gasteiger partial charge in [0, 0.05) is 18.1 Å². The van der Waals surface area contributed by atoms with Gasteiger partial charge < -0.3 is 19.5 Å². The highest BCUT2D eigenvalue weighted by Gasteiger charge is 2.36. The standard InChI is InChI=1S/C23H29NO4/c1-6-20(27-17-9-7-8-15(2)12-17)22(25)24-19-14-23(3,4)28-21-13-16(26-5)10-11-18(19)21/h7-13,19-20H,6,14H2,1-5H3,(H,24,25)/t19-,20+/m0/s1. The molecule has 0 unspecified atom stereocenters. The summed E-state index contributed by atoms with van der Waals surface area (Å²) in [5.41, 5.74) is 1.66. The number of hydrogen-bond donors (Lipinski definition) is 1. The van der Waals surface area contributed by atoms with Crippen molar-refractivity contribution in [1.82, 2.24) is 5.32 Å². The zero-order chi connectivity index (χ0) is 20.3. The molecule has 1 heterocycles. The second-order valence-electron chi connectivity index (χ2n) is 7.86. The van der Waals surface area contributed by atoms with Gasteiger partial charge in [-0.3, -0.25) is 4.79 Å². The minimum Gasteiger partial charge on any atom is -0.497 e. The monoisotopic (exact) mass is 383 g/mol. The fourth-order valence-corrected chi connectivity index (χ4v) is 3.53. The van der Waals surface area contributed by atoms with Crippen LogP contribution in [0.5, 0.6) is 17.2 Å². The zero-order valence-corrected chi connectivity index (χ0v) is 17.2. The largest absolute Gasteiger partial charge is 0.497 e. The molecule has 2 atom stereocenters. The van der Waals surface area contributed by atoms with Gasteiger partial charge in [-0.15, -0.1) is 0 Å². The molecular weight excluding hydrogens is 354 g/mol. The van der Waals surface area contributed by atoms with Gasteiger partial charge in [0.15, 0.2) is 6.10 Å². The van der Waals surface area contributed by atoms with E-state index in [0.717, 1.165) is 22.6 Å². The number of benzene rings is 2. The second-order valence-corrected chi connectivity index (χ2v) is 7.86. The summed E-state index contributed by atoms with van der Waals surface area (Å²) < 4.78 is 17.4. The molecule has 1 aliphatic rings. The third kappa shape index (κ3) is 4.58. The molecule has 0 saturated carbocycles. The van der Waals surface area contributed by atoms with E-state index in [9.17, 15) is 4.79 Å². The molecule has 2 aromatic rings. The molecule has 1 N–H and O–H groups in total. The number of methoxy groups -OCH3 is 1. The first kappa shape index (κ1) is 20.1. The maximum atomic E-state index is 13.0. The van der Waals surface area contributed by atoms with E-state index in [4.69, 9.17) is 14.2 Å². The van der Waals surface area contributed by atoms with Crippen molar-refractivity contribution in [3.8, 4) is 17.2 Å². The van der Waals surface area contributed by atoms with Gasteiger partial charge in [0.05, 0.1) is 13.2 Å². The first-order chi connectivity index (χ1) is 13.3. The number of amides is 1. The number of hydrogen-bond acceptors (Lipinski definition) is 4. The highest BCUT2D eigenvalue weighted by Crippen LogP contribution is 2.41. The number of nitrogens with one attached hydrogen (secondary N) is 1. The molecule has 1 aliphatic heterocycles. The molecule has 0 aromatic heterocycles. The van der Waals surface area contributed by atoms with Crippen LogP contribution in [-0.2, 0) is 4.79 Å². The number of ether oxygens (including phenoxy) is 3. The predicted molar refractivity (Wildman–Crippen MR) is 109 cm³/mol. The molecule has 0 saturated heterocycles. The Hall–Kier alpha value is -2.69. The quantitative estimate of drug-likeness (QED) is 0.793. The summed E-state index contributed by atoms with van der Waals surface area (Å²) in [6.07, 6.45) is 0.718. The van der Waals surface area contributed by atoms with E-state index in [1.165, 1.54) is 0 Å². The number of carbonyl (C=O) groups excluding carboxylic acids is 1. The van der Waals surface area contributed by atoms with Gasteiger partial charge in [-0.1, -0.05) is 19.1 Å². The first-order valence-electron chi connectivity index (χ1n) is 9.72. The van der Waals surface area contributed by atoms with E-state index in [1.54, 1.807) is 7.11 Å². The van der Waals surface area contributed by atoms with E-state index in [0.29, 0.717) is 18.6 Å². The molecule has 150 valence electrons. The predicted octanol–water partition coefficient (Wildman–Crippen LogP) is 4.58. The summed E-state index contributed by atoms with van der Waals surface area (Å²) in [4.78, 5) is 13.0. The summed E-state index contributed by atoms with van der Waals surface area (Å²) >= 11 is 0. The van der Waals surface area contributed by atoms with Gasteiger partial charge in [0.2, 0.25) is 0 Å². The Bertz CT molecular complexity index is 846. The maximum absolute atomic E-state index is 13.0. The van der Waals surface area contributed by atoms with Crippen molar-refractivity contribution in [2.45, 2.75) is 58.3 Å². The molecule has 28 heavy (non-hydrogen) atoms. The molecule has 0 fully saturated rings. The van der Waals surface area contributed by atoms with Crippen LogP contribution in [0.2, 0.25) is 0 Å². The van der Waals surface area contributed by atoms with Gasteiger partial charge in [-0.25, -0.2) is 0 Å². The van der Waals surface area contributed by atoms with E-state index in [2.05, 4.69) is 5.32 Å². The van der Waals surface area contributed by atoms with Gasteiger partial charge in [0.25, 0.3) is 5.91 Å². The molecule has 0 radical (unpaired) electrons. The molecular formula is C23H29NO4. The van der Waals surface area contributed by atoms with Crippen molar-refractivity contribution in [3.05, 3.63) is 53.6 Å². The molecule has 0 bridgehead atoms. The first-order valence-corrected chi connectivity index (χ1v) is 9.72. The second kappa shape index (κ2) is 8.13. The number of carbonyl (C=O) groups is 1. The maximum Gasteiger partial charge on any atom is 0.261 e. The molecule has 0 aliphatic carbocycles. The highest BCUT2D eigenvalue weighted by atomic mass is 16.5. The minimum atomic E-state index is -0.547. The molecule has 0 spiro atoms. The Kier molecular flexibility index (Phi) is 5.82. The lowest BCUT2D eigenvalue weighted by Gasteiger charge is -2.38. The Morgan fingerprint density at radius 1 is 1.25 bits per heavy atom. The SMILES string of the molecule is CC[C@@H](Oc1cccc(C)c1)C(=O)N[C@H]1CC(C)(C)Oc2cc(OC)ccc21. The Morgan fingerprint density at radius 2 is 2.04 bits per heavy atom. The van der Waals surface area contributed by atoms with E-state index < -0.39 is 11.7 Å². The van der Waals surface area contributed by atoms with Crippen LogP contribution in [0.3, 0.4) is 0 Å². The van der Waals surface area contributed by atoms with Crippen LogP contribution in [0.25, 0.3) is 0 Å². The van der Waals surface area contributed by atoms with Gasteiger partial charge in [-0.05, 0) is 57.0 Å². The molecule has 5 heteroatoms. The highest BCUT2D eigenvalue weighted by molar-refractivity contribution is 5.81. The van der Waals surface area contributed by atoms with Crippen LogP contribution < -0.4 is 19.5 Å². The lowest BCUT2D eigenvalue weighted by molar-refractivity contribution is -0.129. The van der Waals surface area contributed by atoms with Crippen LogP contribution in [0.4, 0.5) is 0 Å². The summed E-state index contributed by atoms with van der Waals surface area (Å²) in [5.74, 6) is 2.07. The Labute approximate surface area is 167 Å².